The Morgan fingerprint density at radius 1 is 1.70 bits per heavy atom. The van der Waals surface area contributed by atoms with Crippen molar-refractivity contribution in [2.24, 2.45) is 5.92 Å². The molecule has 2 unspecified atom stereocenters. The molecule has 3 heteroatoms. The van der Waals surface area contributed by atoms with E-state index in [-0.39, 0.29) is 23.7 Å². The van der Waals surface area contributed by atoms with Gasteiger partial charge in [0.1, 0.15) is 0 Å². The first kappa shape index (κ1) is 7.25. The lowest BCUT2D eigenvalue weighted by atomic mass is 9.86. The molecule has 0 aliphatic carbocycles. The van der Waals surface area contributed by atoms with Gasteiger partial charge in [-0.1, -0.05) is 6.92 Å². The number of β-lactam (4-membered cyclic amide) rings is 1. The first-order chi connectivity index (χ1) is 4.66. The lowest BCUT2D eigenvalue weighted by Crippen LogP contribution is -2.61. The maximum absolute atomic E-state index is 10.7. The summed E-state index contributed by atoms with van der Waals surface area (Å²) in [7, 11) is 0. The molecule has 0 bridgehead atoms. The van der Waals surface area contributed by atoms with Gasteiger partial charge in [0.25, 0.3) is 0 Å². The lowest BCUT2D eigenvalue weighted by Gasteiger charge is -2.33. The van der Waals surface area contributed by atoms with Crippen LogP contribution in [-0.4, -0.2) is 17.7 Å². The van der Waals surface area contributed by atoms with Crippen LogP contribution in [0.25, 0.3) is 0 Å². The molecule has 1 aliphatic rings. The molecule has 0 aromatic heterocycles. The molecule has 56 valence electrons. The molecular weight excluding hydrogens is 130 g/mol. The molecule has 0 saturated carbocycles. The highest BCUT2D eigenvalue weighted by molar-refractivity contribution is 5.99. The van der Waals surface area contributed by atoms with Crippen LogP contribution < -0.4 is 5.32 Å². The summed E-state index contributed by atoms with van der Waals surface area (Å²) >= 11 is 0. The van der Waals surface area contributed by atoms with Crippen LogP contribution in [0.3, 0.4) is 0 Å². The van der Waals surface area contributed by atoms with Crippen LogP contribution in [-0.2, 0) is 9.59 Å². The zero-order valence-corrected chi connectivity index (χ0v) is 6.18. The third kappa shape index (κ3) is 0.916. The summed E-state index contributed by atoms with van der Waals surface area (Å²) in [6.07, 6.45) is 0.760. The first-order valence-electron chi connectivity index (χ1n) is 3.47. The van der Waals surface area contributed by atoms with Gasteiger partial charge in [0.2, 0.25) is 5.91 Å². The monoisotopic (exact) mass is 141 g/mol. The summed E-state index contributed by atoms with van der Waals surface area (Å²) in [5, 5.41) is 2.55. The van der Waals surface area contributed by atoms with Gasteiger partial charge in [-0.25, -0.2) is 0 Å². The van der Waals surface area contributed by atoms with Crippen molar-refractivity contribution in [1.29, 1.82) is 0 Å². The molecule has 1 N–H and O–H groups in total. The number of amides is 1. The van der Waals surface area contributed by atoms with Gasteiger partial charge in [0.15, 0.2) is 5.78 Å². The van der Waals surface area contributed by atoms with Gasteiger partial charge in [0, 0.05) is 0 Å². The van der Waals surface area contributed by atoms with Crippen molar-refractivity contribution in [2.45, 2.75) is 26.3 Å². The van der Waals surface area contributed by atoms with Crippen molar-refractivity contribution in [2.75, 3.05) is 0 Å². The first-order valence-corrected chi connectivity index (χ1v) is 3.47. The second kappa shape index (κ2) is 2.40. The zero-order chi connectivity index (χ0) is 7.72. The Bertz CT molecular complexity index is 168. The smallest absolute Gasteiger partial charge is 0.226 e. The summed E-state index contributed by atoms with van der Waals surface area (Å²) in [5.74, 6) is 0.0200. The van der Waals surface area contributed by atoms with Gasteiger partial charge in [0.05, 0.1) is 12.0 Å². The summed E-state index contributed by atoms with van der Waals surface area (Å²) in [6, 6.07) is -0.197. The largest absolute Gasteiger partial charge is 0.345 e. The molecule has 1 rings (SSSR count). The van der Waals surface area contributed by atoms with E-state index in [0.29, 0.717) is 0 Å². The summed E-state index contributed by atoms with van der Waals surface area (Å²) in [6.45, 7) is 3.42. The average Bonchev–Trinajstić information content (AvgIpc) is 1.83. The van der Waals surface area contributed by atoms with Crippen molar-refractivity contribution < 1.29 is 9.59 Å². The molecule has 1 fully saturated rings. The molecule has 0 aromatic carbocycles. The Balaban J connectivity index is 2.53. The third-order valence-corrected chi connectivity index (χ3v) is 1.91. The number of Topliss-reactive ketones (excluding diaryl/α,β-unsaturated/α-hetero) is 1. The van der Waals surface area contributed by atoms with E-state index in [2.05, 4.69) is 5.32 Å². The van der Waals surface area contributed by atoms with Crippen molar-refractivity contribution in [3.05, 3.63) is 0 Å². The molecule has 2 atom stereocenters. The van der Waals surface area contributed by atoms with Gasteiger partial charge < -0.3 is 5.32 Å². The Morgan fingerprint density at radius 2 is 2.30 bits per heavy atom. The van der Waals surface area contributed by atoms with Crippen LogP contribution in [0.4, 0.5) is 0 Å². The minimum atomic E-state index is -0.197. The average molecular weight is 141 g/mol. The summed E-state index contributed by atoms with van der Waals surface area (Å²) in [5.41, 5.74) is 0. The fourth-order valence-corrected chi connectivity index (χ4v) is 1.22. The number of hydrogen-bond donors (Lipinski definition) is 1. The molecule has 10 heavy (non-hydrogen) atoms. The van der Waals surface area contributed by atoms with Gasteiger partial charge in [-0.2, -0.15) is 0 Å². The number of hydrogen-bond acceptors (Lipinski definition) is 2. The lowest BCUT2D eigenvalue weighted by molar-refractivity contribution is -0.141. The topological polar surface area (TPSA) is 46.2 Å². The minimum absolute atomic E-state index is 0.0164. The molecule has 0 radical (unpaired) electrons. The van der Waals surface area contributed by atoms with E-state index in [1.807, 2.05) is 6.92 Å². The second-order valence-electron chi connectivity index (χ2n) is 2.61. The van der Waals surface area contributed by atoms with Crippen molar-refractivity contribution in [3.8, 4) is 0 Å². The fraction of sp³-hybridized carbons (Fsp3) is 0.714. The quantitative estimate of drug-likeness (QED) is 0.554. The predicted octanol–water partition coefficient (Wildman–Crippen LogP) is 0.1000. The predicted molar refractivity (Wildman–Crippen MR) is 36.4 cm³/mol. The highest BCUT2D eigenvalue weighted by atomic mass is 16.2. The Hall–Kier alpha value is -0.860. The standard InChI is InChI=1S/C7H11NO2/c1-3-5-6(4(2)9)8-7(5)10/h5-6H,3H2,1-2H3,(H,8,10). The number of carbonyl (C=O) groups excluding carboxylic acids is 2. The SMILES string of the molecule is CCC1C(=O)NC1C(C)=O. The third-order valence-electron chi connectivity index (χ3n) is 1.91. The highest BCUT2D eigenvalue weighted by Crippen LogP contribution is 2.18. The molecule has 1 saturated heterocycles. The number of rotatable bonds is 2. The maximum atomic E-state index is 10.7. The highest BCUT2D eigenvalue weighted by Gasteiger charge is 2.40. The van der Waals surface area contributed by atoms with Crippen molar-refractivity contribution in [3.63, 3.8) is 0 Å². The van der Waals surface area contributed by atoms with Crippen LogP contribution in [0, 0.1) is 5.92 Å². The maximum Gasteiger partial charge on any atom is 0.226 e. The van der Waals surface area contributed by atoms with Crippen molar-refractivity contribution in [1.82, 2.24) is 5.32 Å². The molecule has 1 aliphatic heterocycles. The summed E-state index contributed by atoms with van der Waals surface area (Å²) < 4.78 is 0. The van der Waals surface area contributed by atoms with Crippen LogP contribution in [0.15, 0.2) is 0 Å². The normalized spacial score (nSPS) is 30.8. The molecular formula is C7H11NO2. The van der Waals surface area contributed by atoms with Crippen LogP contribution in [0.2, 0.25) is 0 Å². The van der Waals surface area contributed by atoms with Crippen LogP contribution in [0.1, 0.15) is 20.3 Å². The van der Waals surface area contributed by atoms with E-state index < -0.39 is 0 Å². The van der Waals surface area contributed by atoms with E-state index in [4.69, 9.17) is 0 Å². The van der Waals surface area contributed by atoms with E-state index in [0.717, 1.165) is 6.42 Å². The molecule has 3 nitrogen and oxygen atoms in total. The van der Waals surface area contributed by atoms with Gasteiger partial charge in [-0.3, -0.25) is 9.59 Å². The van der Waals surface area contributed by atoms with Gasteiger partial charge >= 0.3 is 0 Å². The number of carbonyl (C=O) groups is 2. The number of ketones is 1. The van der Waals surface area contributed by atoms with E-state index in [1.54, 1.807) is 0 Å². The van der Waals surface area contributed by atoms with E-state index in [9.17, 15) is 9.59 Å². The molecule has 0 aromatic rings. The Kier molecular flexibility index (Phi) is 1.74. The Labute approximate surface area is 59.8 Å². The van der Waals surface area contributed by atoms with E-state index >= 15 is 0 Å². The van der Waals surface area contributed by atoms with Crippen LogP contribution in [0.5, 0.6) is 0 Å². The molecule has 1 amide bonds. The van der Waals surface area contributed by atoms with Gasteiger partial charge in [-0.15, -0.1) is 0 Å². The fourth-order valence-electron chi connectivity index (χ4n) is 1.22. The van der Waals surface area contributed by atoms with E-state index in [1.165, 1.54) is 6.92 Å². The number of nitrogens with one attached hydrogen (secondary N) is 1. The van der Waals surface area contributed by atoms with Crippen LogP contribution >= 0.6 is 0 Å². The van der Waals surface area contributed by atoms with Crippen molar-refractivity contribution >= 4 is 11.7 Å². The van der Waals surface area contributed by atoms with Gasteiger partial charge in [-0.05, 0) is 13.3 Å². The molecule has 0 spiro atoms. The Morgan fingerprint density at radius 3 is 2.50 bits per heavy atom. The summed E-state index contributed by atoms with van der Waals surface area (Å²) in [4.78, 5) is 21.4. The minimum Gasteiger partial charge on any atom is -0.345 e. The second-order valence-corrected chi connectivity index (χ2v) is 2.61. The zero-order valence-electron chi connectivity index (χ0n) is 6.18. The molecule has 1 heterocycles.